The molecule has 0 saturated carbocycles. The van der Waals surface area contributed by atoms with Crippen molar-refractivity contribution in [3.8, 4) is 17.2 Å². The Morgan fingerprint density at radius 1 is 1.03 bits per heavy atom. The van der Waals surface area contributed by atoms with Crippen LogP contribution in [-0.2, 0) is 12.8 Å². The number of hydrogen-bond acceptors (Lipinski definition) is 5. The van der Waals surface area contributed by atoms with Crippen molar-refractivity contribution < 1.29 is 9.47 Å². The topological polar surface area (TPSA) is 85.7 Å². The van der Waals surface area contributed by atoms with Crippen molar-refractivity contribution in [3.63, 3.8) is 0 Å². The molecule has 2 aliphatic rings. The van der Waals surface area contributed by atoms with Gasteiger partial charge in [0, 0.05) is 23.1 Å². The van der Waals surface area contributed by atoms with Crippen molar-refractivity contribution in [3.05, 3.63) is 97.7 Å². The Balaban J connectivity index is 1.56. The van der Waals surface area contributed by atoms with Gasteiger partial charge in [-0.3, -0.25) is 9.79 Å². The van der Waals surface area contributed by atoms with Gasteiger partial charge in [-0.05, 0) is 76.9 Å². The van der Waals surface area contributed by atoms with Crippen LogP contribution in [0.3, 0.4) is 0 Å². The van der Waals surface area contributed by atoms with Gasteiger partial charge in [0.1, 0.15) is 5.60 Å². The number of aromatic nitrogens is 2. The van der Waals surface area contributed by atoms with Crippen LogP contribution >= 0.6 is 0 Å². The van der Waals surface area contributed by atoms with Crippen molar-refractivity contribution in [2.24, 2.45) is 4.99 Å². The molecule has 6 rings (SSSR count). The van der Waals surface area contributed by atoms with E-state index in [1.807, 2.05) is 25.1 Å². The third-order valence-corrected chi connectivity index (χ3v) is 7.17. The molecule has 38 heavy (non-hydrogen) atoms. The largest absolute Gasteiger partial charge is 0.490 e. The van der Waals surface area contributed by atoms with Crippen LogP contribution in [0.5, 0.6) is 11.5 Å². The van der Waals surface area contributed by atoms with Crippen molar-refractivity contribution >= 4 is 16.6 Å². The number of aliphatic imine (C=N–C) groups is 1. The van der Waals surface area contributed by atoms with E-state index in [1.54, 1.807) is 30.3 Å². The van der Waals surface area contributed by atoms with E-state index in [1.165, 1.54) is 4.57 Å². The number of nitrogens with zero attached hydrogens (tertiary/aromatic N) is 2. The number of para-hydroxylation sites is 1. The minimum Gasteiger partial charge on any atom is -0.490 e. The fraction of sp³-hybridized carbons (Fsp3) is 0.323. The van der Waals surface area contributed by atoms with Gasteiger partial charge in [0.15, 0.2) is 11.5 Å². The number of H-pyrrole nitrogens is 1. The minimum absolute atomic E-state index is 0.339. The maximum atomic E-state index is 13.3. The molecule has 0 bridgehead atoms. The predicted molar refractivity (Wildman–Crippen MR) is 150 cm³/mol. The molecule has 4 aromatic rings. The molecule has 7 heteroatoms. The Labute approximate surface area is 220 Å². The quantitative estimate of drug-likeness (QED) is 0.421. The first kappa shape index (κ1) is 24.2. The van der Waals surface area contributed by atoms with Crippen molar-refractivity contribution in [1.82, 2.24) is 9.55 Å². The molecule has 0 radical (unpaired) electrons. The monoisotopic (exact) mass is 509 g/mol. The van der Waals surface area contributed by atoms with Gasteiger partial charge in [-0.2, -0.15) is 0 Å². The summed E-state index contributed by atoms with van der Waals surface area (Å²) in [5.41, 5.74) is 4.48. The maximum absolute atomic E-state index is 13.3. The van der Waals surface area contributed by atoms with Gasteiger partial charge in [-0.15, -0.1) is 0 Å². The van der Waals surface area contributed by atoms with Crippen LogP contribution in [0.15, 0.2) is 69.2 Å². The molecule has 7 nitrogen and oxygen atoms in total. The van der Waals surface area contributed by atoms with E-state index >= 15 is 0 Å². The van der Waals surface area contributed by atoms with E-state index in [0.717, 1.165) is 52.3 Å². The number of rotatable bonds is 4. The minimum atomic E-state index is -0.477. The highest BCUT2D eigenvalue weighted by Gasteiger charge is 2.39. The summed E-state index contributed by atoms with van der Waals surface area (Å²) in [5, 5.41) is 0.439. The molecule has 3 aromatic carbocycles. The second kappa shape index (κ2) is 8.45. The van der Waals surface area contributed by atoms with Gasteiger partial charge in [0.25, 0.3) is 5.56 Å². The first-order valence-corrected chi connectivity index (χ1v) is 13.0. The third kappa shape index (κ3) is 3.93. The first-order chi connectivity index (χ1) is 18.1. The molecule has 0 saturated heterocycles. The van der Waals surface area contributed by atoms with Crippen LogP contribution in [0.2, 0.25) is 0 Å². The molecule has 2 aliphatic heterocycles. The zero-order valence-corrected chi connectivity index (χ0v) is 22.3. The van der Waals surface area contributed by atoms with E-state index in [9.17, 15) is 9.59 Å². The van der Waals surface area contributed by atoms with E-state index in [0.29, 0.717) is 23.2 Å². The van der Waals surface area contributed by atoms with Crippen LogP contribution in [0.1, 0.15) is 56.9 Å². The van der Waals surface area contributed by atoms with Gasteiger partial charge in [-0.25, -0.2) is 9.36 Å². The normalized spacial score (nSPS) is 16.9. The predicted octanol–water partition coefficient (Wildman–Crippen LogP) is 4.96. The van der Waals surface area contributed by atoms with Gasteiger partial charge in [-0.1, -0.05) is 24.3 Å². The van der Waals surface area contributed by atoms with E-state index in [4.69, 9.17) is 14.5 Å². The van der Waals surface area contributed by atoms with Crippen LogP contribution in [0.4, 0.5) is 0 Å². The third-order valence-electron chi connectivity index (χ3n) is 7.17. The summed E-state index contributed by atoms with van der Waals surface area (Å²) in [4.78, 5) is 34.5. The highest BCUT2D eigenvalue weighted by Crippen LogP contribution is 2.48. The average molecular weight is 510 g/mol. The molecule has 0 aliphatic carbocycles. The van der Waals surface area contributed by atoms with E-state index in [2.05, 4.69) is 38.7 Å². The number of benzene rings is 3. The molecule has 3 heterocycles. The molecule has 1 N–H and O–H groups in total. The number of aromatic amines is 1. The van der Waals surface area contributed by atoms with Crippen LogP contribution in [-0.4, -0.2) is 33.0 Å². The molecule has 0 atom stereocenters. The molecular formula is C31H31N3O4. The molecular weight excluding hydrogens is 478 g/mol. The van der Waals surface area contributed by atoms with E-state index in [-0.39, 0.29) is 16.7 Å². The van der Waals surface area contributed by atoms with Crippen LogP contribution < -0.4 is 20.7 Å². The lowest BCUT2D eigenvalue weighted by Crippen LogP contribution is -2.34. The standard InChI is InChI=1S/C31H31N3O4/c1-6-37-24-15-19-16-30(2,3)33-26(25(19)22-17-31(4,5)38-27(22)24)18-12-13-21-23(14-18)32-29(36)34(28(21)35)20-10-8-7-9-11-20/h7-15H,6,16-17H2,1-5H3,(H,32,36). The fourth-order valence-corrected chi connectivity index (χ4v) is 5.72. The highest BCUT2D eigenvalue weighted by atomic mass is 16.5. The second-order valence-electron chi connectivity index (χ2n) is 11.3. The van der Waals surface area contributed by atoms with Gasteiger partial charge < -0.3 is 14.5 Å². The molecule has 1 aromatic heterocycles. The summed E-state index contributed by atoms with van der Waals surface area (Å²) in [7, 11) is 0. The lowest BCUT2D eigenvalue weighted by molar-refractivity contribution is 0.132. The van der Waals surface area contributed by atoms with Gasteiger partial charge in [0.05, 0.1) is 34.4 Å². The SMILES string of the molecule is CCOc1cc2c(c3c1OC(C)(C)C3)C(c1ccc3c(=O)n(-c4ccccc4)c(=O)[nH]c3c1)=NC(C)(C)C2. The summed E-state index contributed by atoms with van der Waals surface area (Å²) in [6.07, 6.45) is 1.50. The fourth-order valence-electron chi connectivity index (χ4n) is 5.72. The summed E-state index contributed by atoms with van der Waals surface area (Å²) in [5.74, 6) is 1.55. The van der Waals surface area contributed by atoms with Crippen LogP contribution in [0.25, 0.3) is 16.6 Å². The maximum Gasteiger partial charge on any atom is 0.333 e. The highest BCUT2D eigenvalue weighted by molar-refractivity contribution is 6.17. The summed E-state index contributed by atoms with van der Waals surface area (Å²) < 4.78 is 13.5. The first-order valence-electron chi connectivity index (χ1n) is 13.0. The van der Waals surface area contributed by atoms with E-state index < -0.39 is 5.69 Å². The molecule has 0 unspecified atom stereocenters. The molecule has 194 valence electrons. The summed E-state index contributed by atoms with van der Waals surface area (Å²) in [6.45, 7) is 10.9. The number of ether oxygens (including phenoxy) is 2. The van der Waals surface area contributed by atoms with Crippen molar-refractivity contribution in [2.75, 3.05) is 6.61 Å². The van der Waals surface area contributed by atoms with Gasteiger partial charge >= 0.3 is 5.69 Å². The second-order valence-corrected chi connectivity index (χ2v) is 11.3. The average Bonchev–Trinajstić information content (AvgIpc) is 3.18. The number of fused-ring (bicyclic) bond motifs is 4. The number of hydrogen-bond donors (Lipinski definition) is 1. The molecule has 0 amide bonds. The number of nitrogens with one attached hydrogen (secondary N) is 1. The Kier molecular flexibility index (Phi) is 5.38. The zero-order chi connectivity index (χ0) is 26.8. The van der Waals surface area contributed by atoms with Gasteiger partial charge in [0.2, 0.25) is 0 Å². The summed E-state index contributed by atoms with van der Waals surface area (Å²) in [6, 6.07) is 16.6. The van der Waals surface area contributed by atoms with Crippen LogP contribution in [0, 0.1) is 0 Å². The molecule has 0 fully saturated rings. The Hall–Kier alpha value is -4.13. The molecule has 0 spiro atoms. The van der Waals surface area contributed by atoms with Crippen molar-refractivity contribution in [1.29, 1.82) is 0 Å². The Bertz CT molecular complexity index is 1740. The Morgan fingerprint density at radius 2 is 1.79 bits per heavy atom. The lowest BCUT2D eigenvalue weighted by Gasteiger charge is -2.31. The smallest absolute Gasteiger partial charge is 0.333 e. The Morgan fingerprint density at radius 3 is 2.53 bits per heavy atom. The lowest BCUT2D eigenvalue weighted by atomic mass is 9.81. The summed E-state index contributed by atoms with van der Waals surface area (Å²) >= 11 is 0. The zero-order valence-electron chi connectivity index (χ0n) is 22.3. The van der Waals surface area contributed by atoms with Crippen molar-refractivity contribution in [2.45, 2.75) is 58.6 Å².